The van der Waals surface area contributed by atoms with Gasteiger partial charge in [-0.3, -0.25) is 0 Å². The molecule has 0 spiro atoms. The summed E-state index contributed by atoms with van der Waals surface area (Å²) in [6.07, 6.45) is 2.30. The SMILES string of the molecule is CCC[Si](OC)(OC)C(C)CC. The largest absolute Gasteiger partial charge is 0.397 e. The van der Waals surface area contributed by atoms with Gasteiger partial charge in [-0.25, -0.2) is 0 Å². The third kappa shape index (κ3) is 2.57. The van der Waals surface area contributed by atoms with E-state index in [0.29, 0.717) is 5.54 Å². The highest BCUT2D eigenvalue weighted by molar-refractivity contribution is 6.68. The maximum absolute atomic E-state index is 5.60. The number of hydrogen-bond donors (Lipinski definition) is 0. The smallest absolute Gasteiger partial charge is 0.340 e. The Morgan fingerprint density at radius 1 is 1.17 bits per heavy atom. The Hall–Kier alpha value is 0.137. The van der Waals surface area contributed by atoms with E-state index < -0.39 is 8.56 Å². The lowest BCUT2D eigenvalue weighted by atomic mass is 10.4. The average Bonchev–Trinajstić information content (AvgIpc) is 2.13. The molecule has 0 aliphatic carbocycles. The Labute approximate surface area is 77.5 Å². The zero-order valence-electron chi connectivity index (χ0n) is 9.02. The summed E-state index contributed by atoms with van der Waals surface area (Å²) in [6, 6.07) is 1.11. The van der Waals surface area contributed by atoms with Gasteiger partial charge >= 0.3 is 8.56 Å². The zero-order valence-corrected chi connectivity index (χ0v) is 10.0. The molecule has 0 saturated heterocycles. The minimum atomic E-state index is -1.85. The first-order valence-corrected chi connectivity index (χ1v) is 6.87. The predicted octanol–water partition coefficient (Wildman–Crippen LogP) is 2.93. The van der Waals surface area contributed by atoms with Gasteiger partial charge in [0.25, 0.3) is 0 Å². The highest BCUT2D eigenvalue weighted by atomic mass is 28.4. The summed E-state index contributed by atoms with van der Waals surface area (Å²) in [6.45, 7) is 6.61. The molecule has 0 aliphatic heterocycles. The van der Waals surface area contributed by atoms with Gasteiger partial charge in [-0.1, -0.05) is 33.6 Å². The van der Waals surface area contributed by atoms with Gasteiger partial charge in [0.1, 0.15) is 0 Å². The Morgan fingerprint density at radius 3 is 1.92 bits per heavy atom. The molecule has 0 saturated carbocycles. The molecule has 3 heteroatoms. The molecule has 0 aromatic rings. The summed E-state index contributed by atoms with van der Waals surface area (Å²) >= 11 is 0. The molecule has 1 atom stereocenters. The first-order chi connectivity index (χ1) is 5.66. The molecule has 0 aliphatic rings. The van der Waals surface area contributed by atoms with Crippen LogP contribution < -0.4 is 0 Å². The van der Waals surface area contributed by atoms with Gasteiger partial charge in [-0.2, -0.15) is 0 Å². The number of hydrogen-bond acceptors (Lipinski definition) is 2. The van der Waals surface area contributed by atoms with Crippen LogP contribution in [0, 0.1) is 0 Å². The summed E-state index contributed by atoms with van der Waals surface area (Å²) in [5.41, 5.74) is 0.590. The molecule has 0 aromatic carbocycles. The lowest BCUT2D eigenvalue weighted by molar-refractivity contribution is 0.228. The van der Waals surface area contributed by atoms with Crippen LogP contribution in [0.3, 0.4) is 0 Å². The van der Waals surface area contributed by atoms with Gasteiger partial charge in [-0.05, 0) is 11.6 Å². The zero-order chi connectivity index (χ0) is 9.61. The van der Waals surface area contributed by atoms with Crippen LogP contribution in [-0.2, 0) is 8.85 Å². The van der Waals surface area contributed by atoms with Gasteiger partial charge < -0.3 is 8.85 Å². The molecule has 12 heavy (non-hydrogen) atoms. The Morgan fingerprint density at radius 2 is 1.67 bits per heavy atom. The average molecular weight is 190 g/mol. The fraction of sp³-hybridized carbons (Fsp3) is 1.00. The minimum Gasteiger partial charge on any atom is -0.397 e. The summed E-state index contributed by atoms with van der Waals surface area (Å²) in [5.74, 6) is 0. The Kier molecular flexibility index (Phi) is 5.79. The van der Waals surface area contributed by atoms with Crippen LogP contribution in [0.5, 0.6) is 0 Å². The first kappa shape index (κ1) is 12.1. The Bertz CT molecular complexity index is 113. The van der Waals surface area contributed by atoms with Crippen molar-refractivity contribution in [1.82, 2.24) is 0 Å². The molecule has 0 radical (unpaired) electrons. The van der Waals surface area contributed by atoms with Gasteiger partial charge in [0.15, 0.2) is 0 Å². The molecule has 74 valence electrons. The van der Waals surface area contributed by atoms with Crippen molar-refractivity contribution in [3.8, 4) is 0 Å². The lowest BCUT2D eigenvalue weighted by Crippen LogP contribution is -2.43. The van der Waals surface area contributed by atoms with Crippen molar-refractivity contribution in [2.45, 2.75) is 45.2 Å². The van der Waals surface area contributed by atoms with Gasteiger partial charge in [0, 0.05) is 14.2 Å². The summed E-state index contributed by atoms with van der Waals surface area (Å²) in [5, 5.41) is 0. The molecular weight excluding hydrogens is 168 g/mol. The van der Waals surface area contributed by atoms with E-state index in [1.54, 1.807) is 14.2 Å². The maximum Gasteiger partial charge on any atom is 0.340 e. The molecule has 2 nitrogen and oxygen atoms in total. The molecule has 0 amide bonds. The normalized spacial score (nSPS) is 14.8. The van der Waals surface area contributed by atoms with Crippen LogP contribution >= 0.6 is 0 Å². The van der Waals surface area contributed by atoms with Crippen LogP contribution in [0.25, 0.3) is 0 Å². The van der Waals surface area contributed by atoms with Crippen LogP contribution in [0.4, 0.5) is 0 Å². The van der Waals surface area contributed by atoms with E-state index >= 15 is 0 Å². The van der Waals surface area contributed by atoms with Crippen molar-refractivity contribution in [3.05, 3.63) is 0 Å². The fourth-order valence-electron chi connectivity index (χ4n) is 1.60. The highest BCUT2D eigenvalue weighted by Gasteiger charge is 2.39. The molecule has 1 unspecified atom stereocenters. The topological polar surface area (TPSA) is 18.5 Å². The second kappa shape index (κ2) is 5.73. The van der Waals surface area contributed by atoms with E-state index in [4.69, 9.17) is 8.85 Å². The van der Waals surface area contributed by atoms with Gasteiger partial charge in [-0.15, -0.1) is 0 Å². The summed E-state index contributed by atoms with van der Waals surface area (Å²) < 4.78 is 11.2. The van der Waals surface area contributed by atoms with E-state index in [1.807, 2.05) is 0 Å². The molecule has 0 N–H and O–H groups in total. The van der Waals surface area contributed by atoms with Crippen molar-refractivity contribution in [3.63, 3.8) is 0 Å². The molecule has 0 rings (SSSR count). The van der Waals surface area contributed by atoms with Crippen LogP contribution in [0.15, 0.2) is 0 Å². The maximum atomic E-state index is 5.60. The first-order valence-electron chi connectivity index (χ1n) is 4.77. The van der Waals surface area contributed by atoms with Crippen LogP contribution in [0.1, 0.15) is 33.6 Å². The van der Waals surface area contributed by atoms with E-state index in [1.165, 1.54) is 0 Å². The third-order valence-electron chi connectivity index (χ3n) is 2.65. The van der Waals surface area contributed by atoms with E-state index in [9.17, 15) is 0 Å². The van der Waals surface area contributed by atoms with E-state index in [-0.39, 0.29) is 0 Å². The molecule has 0 aromatic heterocycles. The predicted molar refractivity (Wildman–Crippen MR) is 54.6 cm³/mol. The van der Waals surface area contributed by atoms with Crippen molar-refractivity contribution in [2.24, 2.45) is 0 Å². The van der Waals surface area contributed by atoms with Crippen molar-refractivity contribution in [1.29, 1.82) is 0 Å². The second-order valence-electron chi connectivity index (χ2n) is 3.28. The standard InChI is InChI=1S/C9H22O2Si/c1-6-8-12(10-4,11-5)9(3)7-2/h9H,6-8H2,1-5H3. The number of rotatable bonds is 6. The quantitative estimate of drug-likeness (QED) is 0.600. The second-order valence-corrected chi connectivity index (χ2v) is 7.21. The van der Waals surface area contributed by atoms with Gasteiger partial charge in [0.2, 0.25) is 0 Å². The fourth-order valence-corrected chi connectivity index (χ4v) is 4.79. The molecular formula is C9H22O2Si. The van der Waals surface area contributed by atoms with Crippen LogP contribution in [-0.4, -0.2) is 22.8 Å². The molecule has 0 heterocycles. The van der Waals surface area contributed by atoms with Crippen molar-refractivity contribution in [2.75, 3.05) is 14.2 Å². The monoisotopic (exact) mass is 190 g/mol. The van der Waals surface area contributed by atoms with Crippen LogP contribution in [0.2, 0.25) is 11.6 Å². The lowest BCUT2D eigenvalue weighted by Gasteiger charge is -2.32. The van der Waals surface area contributed by atoms with Gasteiger partial charge in [0.05, 0.1) is 0 Å². The summed E-state index contributed by atoms with van der Waals surface area (Å²) in [4.78, 5) is 0. The van der Waals surface area contributed by atoms with E-state index in [2.05, 4.69) is 20.8 Å². The van der Waals surface area contributed by atoms with Crippen molar-refractivity contribution >= 4 is 8.56 Å². The molecule has 0 fully saturated rings. The molecule has 0 bridgehead atoms. The minimum absolute atomic E-state index is 0.590. The Balaban J connectivity index is 4.33. The highest BCUT2D eigenvalue weighted by Crippen LogP contribution is 2.30. The summed E-state index contributed by atoms with van der Waals surface area (Å²) in [7, 11) is 1.73. The van der Waals surface area contributed by atoms with Crippen molar-refractivity contribution < 1.29 is 8.85 Å². The van der Waals surface area contributed by atoms with E-state index in [0.717, 1.165) is 18.9 Å². The third-order valence-corrected chi connectivity index (χ3v) is 7.14.